The molecule has 5 nitrogen and oxygen atoms in total. The van der Waals surface area contributed by atoms with Gasteiger partial charge in [-0.3, -0.25) is 4.68 Å². The van der Waals surface area contributed by atoms with Crippen LogP contribution in [0.2, 0.25) is 0 Å². The van der Waals surface area contributed by atoms with Crippen LogP contribution < -0.4 is 10.5 Å². The minimum absolute atomic E-state index is 0.367. The van der Waals surface area contributed by atoms with Gasteiger partial charge in [-0.25, -0.2) is 4.98 Å². The summed E-state index contributed by atoms with van der Waals surface area (Å²) in [4.78, 5) is 4.37. The molecule has 90 valence electrons. The number of benzene rings is 1. The van der Waals surface area contributed by atoms with Gasteiger partial charge < -0.3 is 10.5 Å². The maximum Gasteiger partial charge on any atom is 0.164 e. The Morgan fingerprint density at radius 2 is 2.24 bits per heavy atom. The minimum Gasteiger partial charge on any atom is -0.497 e. The topological polar surface area (TPSA) is 66.0 Å². The van der Waals surface area contributed by atoms with Gasteiger partial charge in [0.2, 0.25) is 0 Å². The summed E-state index contributed by atoms with van der Waals surface area (Å²) in [6.07, 6.45) is 0.723. The first-order valence-corrected chi connectivity index (χ1v) is 5.44. The zero-order chi connectivity index (χ0) is 12.3. The molecule has 0 aliphatic rings. The number of hydrogen-bond acceptors (Lipinski definition) is 4. The number of ether oxygens (including phenoxy) is 1. The second-order valence-corrected chi connectivity index (χ2v) is 3.80. The molecule has 0 fully saturated rings. The van der Waals surface area contributed by atoms with Crippen molar-refractivity contribution in [3.8, 4) is 5.75 Å². The molecule has 17 heavy (non-hydrogen) atoms. The number of aromatic nitrogens is 3. The predicted octanol–water partition coefficient (Wildman–Crippen LogP) is 0.873. The molecule has 2 N–H and O–H groups in total. The molecule has 0 saturated heterocycles. The zero-order valence-corrected chi connectivity index (χ0v) is 10.1. The Morgan fingerprint density at radius 3 is 2.88 bits per heavy atom. The Balaban J connectivity index is 2.21. The molecule has 2 rings (SSSR count). The summed E-state index contributed by atoms with van der Waals surface area (Å²) in [5.74, 6) is 2.42. The van der Waals surface area contributed by atoms with Crippen LogP contribution in [-0.2, 0) is 20.0 Å². The molecule has 0 saturated carbocycles. The molecule has 0 aliphatic heterocycles. The van der Waals surface area contributed by atoms with E-state index in [2.05, 4.69) is 10.1 Å². The summed E-state index contributed by atoms with van der Waals surface area (Å²) in [7, 11) is 3.54. The predicted molar refractivity (Wildman–Crippen MR) is 64.7 cm³/mol. The van der Waals surface area contributed by atoms with Crippen molar-refractivity contribution in [2.45, 2.75) is 13.0 Å². The number of methoxy groups -OCH3 is 1. The molecule has 5 heteroatoms. The van der Waals surface area contributed by atoms with Crippen molar-refractivity contribution in [1.82, 2.24) is 14.8 Å². The summed E-state index contributed by atoms with van der Waals surface area (Å²) in [6.45, 7) is 0.367. The van der Waals surface area contributed by atoms with Crippen LogP contribution in [0, 0.1) is 0 Å². The monoisotopic (exact) mass is 232 g/mol. The quantitative estimate of drug-likeness (QED) is 0.849. The summed E-state index contributed by atoms with van der Waals surface area (Å²) in [5, 5.41) is 4.22. The maximum absolute atomic E-state index is 5.51. The zero-order valence-electron chi connectivity index (χ0n) is 10.1. The van der Waals surface area contributed by atoms with Crippen molar-refractivity contribution >= 4 is 0 Å². The van der Waals surface area contributed by atoms with Gasteiger partial charge in [-0.05, 0) is 17.7 Å². The van der Waals surface area contributed by atoms with E-state index in [-0.39, 0.29) is 0 Å². The van der Waals surface area contributed by atoms with Gasteiger partial charge in [0.15, 0.2) is 5.82 Å². The van der Waals surface area contributed by atoms with Crippen LogP contribution in [0.3, 0.4) is 0 Å². The fraction of sp³-hybridized carbons (Fsp3) is 0.333. The molecule has 1 aromatic heterocycles. The van der Waals surface area contributed by atoms with Crippen LogP contribution >= 0.6 is 0 Å². The Labute approximate surface area is 100 Å². The Morgan fingerprint density at radius 1 is 1.41 bits per heavy atom. The molecular formula is C12H16N4O. The van der Waals surface area contributed by atoms with Gasteiger partial charge in [-0.1, -0.05) is 12.1 Å². The third kappa shape index (κ3) is 2.62. The fourth-order valence-electron chi connectivity index (χ4n) is 1.68. The van der Waals surface area contributed by atoms with Crippen LogP contribution in [-0.4, -0.2) is 21.9 Å². The molecule has 1 aromatic carbocycles. The third-order valence-corrected chi connectivity index (χ3v) is 2.58. The molecular weight excluding hydrogens is 216 g/mol. The van der Waals surface area contributed by atoms with E-state index in [1.54, 1.807) is 11.8 Å². The van der Waals surface area contributed by atoms with Gasteiger partial charge >= 0.3 is 0 Å². The molecule has 0 bridgehead atoms. The van der Waals surface area contributed by atoms with Crippen molar-refractivity contribution in [3.63, 3.8) is 0 Å². The van der Waals surface area contributed by atoms with Crippen LogP contribution in [0.1, 0.15) is 17.2 Å². The van der Waals surface area contributed by atoms with E-state index in [0.29, 0.717) is 12.4 Å². The highest BCUT2D eigenvalue weighted by Gasteiger charge is 2.07. The van der Waals surface area contributed by atoms with Gasteiger partial charge in [0.1, 0.15) is 11.6 Å². The lowest BCUT2D eigenvalue weighted by molar-refractivity contribution is 0.414. The highest BCUT2D eigenvalue weighted by Crippen LogP contribution is 2.15. The number of hydrogen-bond donors (Lipinski definition) is 1. The Bertz CT molecular complexity index is 507. The van der Waals surface area contributed by atoms with Crippen LogP contribution in [0.4, 0.5) is 0 Å². The first-order chi connectivity index (χ1) is 8.22. The van der Waals surface area contributed by atoms with E-state index >= 15 is 0 Å². The van der Waals surface area contributed by atoms with Gasteiger partial charge in [-0.15, -0.1) is 0 Å². The molecule has 0 unspecified atom stereocenters. The first-order valence-electron chi connectivity index (χ1n) is 5.44. The number of aryl methyl sites for hydroxylation is 1. The maximum atomic E-state index is 5.51. The third-order valence-electron chi connectivity index (χ3n) is 2.58. The average molecular weight is 232 g/mol. The van der Waals surface area contributed by atoms with Crippen molar-refractivity contribution in [3.05, 3.63) is 41.5 Å². The normalized spacial score (nSPS) is 10.5. The summed E-state index contributed by atoms with van der Waals surface area (Å²) in [5.41, 5.74) is 6.65. The molecule has 2 aromatic rings. The van der Waals surface area contributed by atoms with E-state index in [1.807, 2.05) is 31.3 Å². The van der Waals surface area contributed by atoms with Gasteiger partial charge in [0, 0.05) is 13.5 Å². The van der Waals surface area contributed by atoms with Crippen molar-refractivity contribution in [1.29, 1.82) is 0 Å². The van der Waals surface area contributed by atoms with E-state index in [4.69, 9.17) is 10.5 Å². The highest BCUT2D eigenvalue weighted by molar-refractivity contribution is 5.30. The Hall–Kier alpha value is -1.88. The van der Waals surface area contributed by atoms with Crippen molar-refractivity contribution in [2.75, 3.05) is 7.11 Å². The molecule has 0 spiro atoms. The Kier molecular flexibility index (Phi) is 3.39. The van der Waals surface area contributed by atoms with E-state index in [1.165, 1.54) is 0 Å². The lowest BCUT2D eigenvalue weighted by Crippen LogP contribution is -2.00. The number of nitrogens with two attached hydrogens (primary N) is 1. The molecule has 1 heterocycles. The van der Waals surface area contributed by atoms with Gasteiger partial charge in [0.25, 0.3) is 0 Å². The standard InChI is InChI=1S/C12H16N4O/c1-16-12(14-11(8-13)15-16)7-9-4-3-5-10(6-9)17-2/h3-6H,7-8,13H2,1-2H3. The van der Waals surface area contributed by atoms with Crippen LogP contribution in [0.5, 0.6) is 5.75 Å². The second kappa shape index (κ2) is 4.97. The second-order valence-electron chi connectivity index (χ2n) is 3.80. The number of rotatable bonds is 4. The molecule has 0 aliphatic carbocycles. The highest BCUT2D eigenvalue weighted by atomic mass is 16.5. The summed E-state index contributed by atoms with van der Waals surface area (Å²) in [6, 6.07) is 7.93. The lowest BCUT2D eigenvalue weighted by atomic mass is 10.1. The molecule has 0 atom stereocenters. The number of nitrogens with zero attached hydrogens (tertiary/aromatic N) is 3. The van der Waals surface area contributed by atoms with Crippen LogP contribution in [0.25, 0.3) is 0 Å². The molecule has 0 amide bonds. The SMILES string of the molecule is COc1cccc(Cc2nc(CN)nn2C)c1. The first kappa shape index (κ1) is 11.6. The average Bonchev–Trinajstić information content (AvgIpc) is 2.70. The van der Waals surface area contributed by atoms with E-state index < -0.39 is 0 Å². The fourth-order valence-corrected chi connectivity index (χ4v) is 1.68. The van der Waals surface area contributed by atoms with E-state index in [9.17, 15) is 0 Å². The summed E-state index contributed by atoms with van der Waals surface area (Å²) >= 11 is 0. The summed E-state index contributed by atoms with van der Waals surface area (Å²) < 4.78 is 6.95. The van der Waals surface area contributed by atoms with Crippen LogP contribution in [0.15, 0.2) is 24.3 Å². The lowest BCUT2D eigenvalue weighted by Gasteiger charge is -2.03. The smallest absolute Gasteiger partial charge is 0.164 e. The van der Waals surface area contributed by atoms with Crippen molar-refractivity contribution in [2.24, 2.45) is 12.8 Å². The minimum atomic E-state index is 0.367. The van der Waals surface area contributed by atoms with Crippen molar-refractivity contribution < 1.29 is 4.74 Å². The van der Waals surface area contributed by atoms with Gasteiger partial charge in [-0.2, -0.15) is 5.10 Å². The van der Waals surface area contributed by atoms with E-state index in [0.717, 1.165) is 23.6 Å². The van der Waals surface area contributed by atoms with Gasteiger partial charge in [0.05, 0.1) is 13.7 Å². The molecule has 0 radical (unpaired) electrons. The largest absolute Gasteiger partial charge is 0.497 e.